The highest BCUT2D eigenvalue weighted by atomic mass is 35.5. The van der Waals surface area contributed by atoms with Gasteiger partial charge < -0.3 is 26.6 Å². The van der Waals surface area contributed by atoms with Crippen LogP contribution in [0.5, 0.6) is 5.75 Å². The Hall–Kier alpha value is -4.72. The Morgan fingerprint density at radius 2 is 1.83 bits per heavy atom. The number of alkyl halides is 2. The Labute approximate surface area is 275 Å². The predicted molar refractivity (Wildman–Crippen MR) is 168 cm³/mol. The number of hydrogen-bond donors (Lipinski definition) is 4. The van der Waals surface area contributed by atoms with Crippen LogP contribution < -0.4 is 21.5 Å². The first-order chi connectivity index (χ1) is 22.2. The molecule has 0 fully saturated rings. The van der Waals surface area contributed by atoms with Crippen LogP contribution in [0, 0.1) is 11.6 Å². The highest BCUT2D eigenvalue weighted by Crippen LogP contribution is 2.47. The van der Waals surface area contributed by atoms with Gasteiger partial charge in [-0.1, -0.05) is 53.5 Å². The fraction of sp³-hybridized carbons (Fsp3) is 0.188. The average molecular weight is 690 g/mol. The van der Waals surface area contributed by atoms with Gasteiger partial charge in [0.25, 0.3) is 5.91 Å². The van der Waals surface area contributed by atoms with Gasteiger partial charge in [-0.15, -0.1) is 0 Å². The molecule has 0 bridgehead atoms. The summed E-state index contributed by atoms with van der Waals surface area (Å²) in [7, 11) is 0. The van der Waals surface area contributed by atoms with Gasteiger partial charge in [0.1, 0.15) is 40.7 Å². The van der Waals surface area contributed by atoms with Crippen molar-refractivity contribution in [3.05, 3.63) is 110 Å². The molecule has 47 heavy (non-hydrogen) atoms. The third kappa shape index (κ3) is 6.33. The topological polar surface area (TPSA) is 153 Å². The number of amides is 2. The summed E-state index contributed by atoms with van der Waals surface area (Å²) in [6, 6.07) is 13.3. The number of aliphatic hydroxyl groups is 1. The number of nitrogens with two attached hydrogens (primary N) is 2. The predicted octanol–water partition coefficient (Wildman–Crippen LogP) is 5.36. The van der Waals surface area contributed by atoms with Crippen LogP contribution in [0.1, 0.15) is 39.7 Å². The monoisotopic (exact) mass is 689 g/mol. The van der Waals surface area contributed by atoms with Gasteiger partial charge in [0, 0.05) is 34.5 Å². The summed E-state index contributed by atoms with van der Waals surface area (Å²) < 4.78 is 60.5. The van der Waals surface area contributed by atoms with E-state index >= 15 is 4.39 Å². The number of nitrogens with one attached hydrogen (secondary N) is 1. The number of hydrogen-bond acceptors (Lipinski definition) is 7. The summed E-state index contributed by atoms with van der Waals surface area (Å²) in [5.74, 6) is -3.71. The Balaban J connectivity index is 1.65. The second-order valence-electron chi connectivity index (χ2n) is 10.9. The van der Waals surface area contributed by atoms with Gasteiger partial charge >= 0.3 is 6.55 Å². The number of anilines is 1. The van der Waals surface area contributed by atoms with Crippen LogP contribution in [-0.2, 0) is 15.8 Å². The number of ether oxygens (including phenoxy) is 1. The highest BCUT2D eigenvalue weighted by molar-refractivity contribution is 6.34. The molecule has 2 amide bonds. The molecule has 0 radical (unpaired) electrons. The second-order valence-corrected chi connectivity index (χ2v) is 11.7. The van der Waals surface area contributed by atoms with Gasteiger partial charge in [-0.25, -0.2) is 18.8 Å². The number of fused-ring (bicyclic) bond motifs is 1. The van der Waals surface area contributed by atoms with Crippen molar-refractivity contribution in [3.8, 4) is 17.0 Å². The maximum Gasteiger partial charge on any atom is 0.331 e. The third-order valence-corrected chi connectivity index (χ3v) is 8.41. The first-order valence-electron chi connectivity index (χ1n) is 13.8. The smallest absolute Gasteiger partial charge is 0.331 e. The zero-order valence-electron chi connectivity index (χ0n) is 24.3. The molecule has 244 valence electrons. The normalized spacial score (nSPS) is 17.0. The number of aliphatic imine (C=N–C) groups is 1. The lowest BCUT2D eigenvalue weighted by Crippen LogP contribution is -2.43. The van der Waals surface area contributed by atoms with Crippen molar-refractivity contribution in [2.75, 3.05) is 18.9 Å². The number of aromatic nitrogens is 1. The molecule has 1 aliphatic rings. The first-order valence-corrected chi connectivity index (χ1v) is 14.5. The molecule has 3 aromatic carbocycles. The lowest BCUT2D eigenvalue weighted by atomic mass is 9.80. The molecular formula is C32H25Cl2F4N5O4. The molecule has 0 saturated heterocycles. The lowest BCUT2D eigenvalue weighted by Gasteiger charge is -2.30. The van der Waals surface area contributed by atoms with Crippen molar-refractivity contribution < 1.29 is 37.0 Å². The summed E-state index contributed by atoms with van der Waals surface area (Å²) in [4.78, 5) is 33.5. The standard InChI is InChI=1S/C32H25Cl2F4N5O4/c1-31(29(40)45)14-47-27-19(31)10-24(43-26(27)18-9-20(33)23(36)11-22(18)35)32(46,17-5-3-2-4-6-17)13-42-28(44)15-7-16(12-41-30(37)38)25(39)21(34)8-15/h2-12,30,46H,13-14,39H2,1H3,(H2,40,45)(H,42,44)/b41-12+/t31-,32+/m0/s1. The van der Waals surface area contributed by atoms with Crippen molar-refractivity contribution in [1.29, 1.82) is 0 Å². The van der Waals surface area contributed by atoms with Crippen LogP contribution in [0.4, 0.5) is 23.2 Å². The summed E-state index contributed by atoms with van der Waals surface area (Å²) in [6.07, 6.45) is 0.775. The number of carbonyl (C=O) groups is 2. The Kier molecular flexibility index (Phi) is 9.18. The third-order valence-electron chi connectivity index (χ3n) is 7.81. The molecule has 1 aromatic heterocycles. The molecule has 1 aliphatic heterocycles. The van der Waals surface area contributed by atoms with Gasteiger partial charge in [0.2, 0.25) is 5.91 Å². The number of carbonyl (C=O) groups excluding carboxylic acids is 2. The van der Waals surface area contributed by atoms with Crippen molar-refractivity contribution in [3.63, 3.8) is 0 Å². The number of nitrogen functional groups attached to an aromatic ring is 1. The van der Waals surface area contributed by atoms with Gasteiger partial charge in [-0.2, -0.15) is 8.78 Å². The van der Waals surface area contributed by atoms with Gasteiger partial charge in [-0.3, -0.25) is 9.59 Å². The molecule has 6 N–H and O–H groups in total. The number of nitrogens with zero attached hydrogens (tertiary/aromatic N) is 2. The SMILES string of the molecule is C[C@]1(C(N)=O)COc2c1cc([C@@](O)(CNC(=O)c1cc(Cl)c(N)c(/C=N/C(F)F)c1)c1ccccc1)nc2-c1cc(Cl)c(F)cc1F. The maximum atomic E-state index is 15.2. The molecule has 15 heteroatoms. The van der Waals surface area contributed by atoms with E-state index in [0.29, 0.717) is 6.07 Å². The fourth-order valence-corrected chi connectivity index (χ4v) is 5.45. The van der Waals surface area contributed by atoms with Crippen LogP contribution in [0.2, 0.25) is 10.0 Å². The highest BCUT2D eigenvalue weighted by Gasteiger charge is 2.46. The molecule has 0 saturated carbocycles. The Morgan fingerprint density at radius 1 is 1.13 bits per heavy atom. The van der Waals surface area contributed by atoms with Crippen LogP contribution in [-0.4, -0.2) is 47.8 Å². The minimum atomic E-state index is -3.03. The molecule has 4 aromatic rings. The minimum Gasteiger partial charge on any atom is -0.489 e. The van der Waals surface area contributed by atoms with E-state index in [0.717, 1.165) is 12.3 Å². The maximum absolute atomic E-state index is 15.2. The van der Waals surface area contributed by atoms with E-state index in [9.17, 15) is 27.9 Å². The second kappa shape index (κ2) is 12.8. The van der Waals surface area contributed by atoms with Crippen LogP contribution in [0.15, 0.2) is 65.7 Å². The zero-order valence-corrected chi connectivity index (χ0v) is 25.8. The number of benzene rings is 3. The van der Waals surface area contributed by atoms with E-state index in [2.05, 4.69) is 15.3 Å². The largest absolute Gasteiger partial charge is 0.489 e. The molecule has 0 spiro atoms. The van der Waals surface area contributed by atoms with Gasteiger partial charge in [0.15, 0.2) is 0 Å². The van der Waals surface area contributed by atoms with E-state index in [1.165, 1.54) is 25.1 Å². The molecule has 9 nitrogen and oxygen atoms in total. The van der Waals surface area contributed by atoms with Crippen LogP contribution >= 0.6 is 23.2 Å². The van der Waals surface area contributed by atoms with E-state index in [1.807, 2.05) is 0 Å². The number of rotatable bonds is 9. The van der Waals surface area contributed by atoms with Gasteiger partial charge in [0.05, 0.1) is 28.0 Å². The summed E-state index contributed by atoms with van der Waals surface area (Å²) in [5, 5.41) is 14.4. The summed E-state index contributed by atoms with van der Waals surface area (Å²) >= 11 is 12.1. The number of primary amides is 1. The lowest BCUT2D eigenvalue weighted by molar-refractivity contribution is -0.123. The molecule has 0 unspecified atom stereocenters. The number of pyridine rings is 1. The molecule has 5 rings (SSSR count). The van der Waals surface area contributed by atoms with Gasteiger partial charge in [-0.05, 0) is 36.8 Å². The Morgan fingerprint density at radius 3 is 2.49 bits per heavy atom. The molecule has 0 aliphatic carbocycles. The van der Waals surface area contributed by atoms with E-state index < -0.39 is 52.6 Å². The van der Waals surface area contributed by atoms with Crippen molar-refractivity contribution >= 4 is 46.9 Å². The van der Waals surface area contributed by atoms with Crippen molar-refractivity contribution in [2.24, 2.45) is 10.7 Å². The van der Waals surface area contributed by atoms with Crippen molar-refractivity contribution in [1.82, 2.24) is 10.3 Å². The summed E-state index contributed by atoms with van der Waals surface area (Å²) in [6.45, 7) is -2.35. The molecule has 2 heterocycles. The first kappa shape index (κ1) is 33.6. The van der Waals surface area contributed by atoms with E-state index in [-0.39, 0.29) is 62.3 Å². The van der Waals surface area contributed by atoms with E-state index in [4.69, 9.17) is 39.4 Å². The van der Waals surface area contributed by atoms with Crippen molar-refractivity contribution in [2.45, 2.75) is 24.5 Å². The zero-order chi connectivity index (χ0) is 34.3. The number of halogens is 6. The van der Waals surface area contributed by atoms with E-state index in [1.54, 1.807) is 30.3 Å². The van der Waals surface area contributed by atoms with Crippen LogP contribution in [0.3, 0.4) is 0 Å². The van der Waals surface area contributed by atoms with Crippen LogP contribution in [0.25, 0.3) is 11.3 Å². The quantitative estimate of drug-likeness (QED) is 0.0611. The molecule has 2 atom stereocenters. The Bertz CT molecular complexity index is 1930. The minimum absolute atomic E-state index is 0.0365. The summed E-state index contributed by atoms with van der Waals surface area (Å²) in [5.41, 5.74) is 7.44. The average Bonchev–Trinajstić information content (AvgIpc) is 3.39. The fourth-order valence-electron chi connectivity index (χ4n) is 5.06. The molecular weight excluding hydrogens is 665 g/mol.